The van der Waals surface area contributed by atoms with Crippen LogP contribution in [0.1, 0.15) is 43.9 Å². The van der Waals surface area contributed by atoms with E-state index in [1.807, 2.05) is 30.3 Å². The number of benzene rings is 2. The van der Waals surface area contributed by atoms with Crippen LogP contribution in [0.15, 0.2) is 77.4 Å². The molecule has 1 fully saturated rings. The van der Waals surface area contributed by atoms with Crippen molar-refractivity contribution in [1.82, 2.24) is 25.5 Å². The van der Waals surface area contributed by atoms with Crippen molar-refractivity contribution in [3.05, 3.63) is 84.6 Å². The van der Waals surface area contributed by atoms with Crippen molar-refractivity contribution in [3.63, 3.8) is 0 Å². The molecule has 2 amide bonds. The van der Waals surface area contributed by atoms with E-state index in [1.54, 1.807) is 18.2 Å². The number of rotatable bonds is 8. The van der Waals surface area contributed by atoms with Gasteiger partial charge >= 0.3 is 0 Å². The number of furan rings is 1. The standard InChI is InChI=1S/C27H27FN6O3/c28-20-11-7-14-22(17-20)34(24(35)18-33-31-26(30-32-33)19-9-3-1-4-10-19)25(23-15-8-16-37-23)27(36)29-21-12-5-2-6-13-21/h1,3-4,7-11,14-17,21,25H,2,5-6,12-13,18H2,(H,29,36)/t25-/m1/s1. The van der Waals surface area contributed by atoms with E-state index in [9.17, 15) is 14.0 Å². The lowest BCUT2D eigenvalue weighted by molar-refractivity contribution is -0.128. The van der Waals surface area contributed by atoms with E-state index in [2.05, 4.69) is 20.7 Å². The van der Waals surface area contributed by atoms with Gasteiger partial charge in [-0.3, -0.25) is 14.5 Å². The molecule has 1 atom stereocenters. The first kappa shape index (κ1) is 24.4. The Labute approximate surface area is 213 Å². The zero-order valence-corrected chi connectivity index (χ0v) is 20.2. The summed E-state index contributed by atoms with van der Waals surface area (Å²) in [5.41, 5.74) is 0.970. The van der Waals surface area contributed by atoms with Gasteiger partial charge in [-0.05, 0) is 48.4 Å². The average molecular weight is 503 g/mol. The first-order valence-electron chi connectivity index (χ1n) is 12.3. The van der Waals surface area contributed by atoms with Crippen LogP contribution < -0.4 is 10.2 Å². The van der Waals surface area contributed by atoms with Crippen LogP contribution in [0.25, 0.3) is 11.4 Å². The fourth-order valence-electron chi connectivity index (χ4n) is 4.62. The highest BCUT2D eigenvalue weighted by Gasteiger charge is 2.36. The van der Waals surface area contributed by atoms with Crippen molar-refractivity contribution in [2.75, 3.05) is 4.90 Å². The second-order valence-electron chi connectivity index (χ2n) is 9.01. The second kappa shape index (κ2) is 11.2. The molecule has 0 radical (unpaired) electrons. The molecule has 0 spiro atoms. The normalized spacial score (nSPS) is 14.7. The molecule has 0 unspecified atom stereocenters. The second-order valence-corrected chi connectivity index (χ2v) is 9.01. The van der Waals surface area contributed by atoms with Crippen LogP contribution in [0, 0.1) is 5.82 Å². The Morgan fingerprint density at radius 1 is 1.05 bits per heavy atom. The van der Waals surface area contributed by atoms with Crippen LogP contribution in [0.3, 0.4) is 0 Å². The number of carbonyl (C=O) groups is 2. The fourth-order valence-corrected chi connectivity index (χ4v) is 4.62. The highest BCUT2D eigenvalue weighted by molar-refractivity contribution is 6.01. The van der Waals surface area contributed by atoms with Crippen LogP contribution >= 0.6 is 0 Å². The highest BCUT2D eigenvalue weighted by atomic mass is 19.1. The summed E-state index contributed by atoms with van der Waals surface area (Å²) < 4.78 is 19.9. The van der Waals surface area contributed by atoms with Gasteiger partial charge < -0.3 is 9.73 Å². The van der Waals surface area contributed by atoms with E-state index >= 15 is 0 Å². The Morgan fingerprint density at radius 2 is 1.86 bits per heavy atom. The molecule has 5 rings (SSSR count). The Hall–Kier alpha value is -4.34. The van der Waals surface area contributed by atoms with Crippen LogP contribution in [0.2, 0.25) is 0 Å². The molecular formula is C27H27FN6O3. The number of hydrogen-bond donors (Lipinski definition) is 1. The zero-order valence-electron chi connectivity index (χ0n) is 20.2. The smallest absolute Gasteiger partial charge is 0.251 e. The third-order valence-electron chi connectivity index (χ3n) is 6.39. The number of tetrazole rings is 1. The summed E-state index contributed by atoms with van der Waals surface area (Å²) in [6.07, 6.45) is 6.38. The number of anilines is 1. The lowest BCUT2D eigenvalue weighted by atomic mass is 9.95. The monoisotopic (exact) mass is 502 g/mol. The van der Waals surface area contributed by atoms with Crippen molar-refractivity contribution >= 4 is 17.5 Å². The van der Waals surface area contributed by atoms with E-state index < -0.39 is 23.7 Å². The Balaban J connectivity index is 1.47. The SMILES string of the molecule is O=C(NC1CCCCC1)[C@@H](c1ccco1)N(C(=O)Cn1nnc(-c2ccccc2)n1)c1cccc(F)c1. The van der Waals surface area contributed by atoms with Crippen molar-refractivity contribution in [1.29, 1.82) is 0 Å². The molecule has 1 aliphatic carbocycles. The lowest BCUT2D eigenvalue weighted by Gasteiger charge is -2.32. The summed E-state index contributed by atoms with van der Waals surface area (Å²) in [5.74, 6) is -0.823. The largest absolute Gasteiger partial charge is 0.467 e. The number of carbonyl (C=O) groups excluding carboxylic acids is 2. The maximum Gasteiger partial charge on any atom is 0.251 e. The Morgan fingerprint density at radius 3 is 2.59 bits per heavy atom. The van der Waals surface area contributed by atoms with Gasteiger partial charge in [0.2, 0.25) is 5.82 Å². The predicted octanol–water partition coefficient (Wildman–Crippen LogP) is 4.30. The van der Waals surface area contributed by atoms with Crippen LogP contribution in [0.5, 0.6) is 0 Å². The van der Waals surface area contributed by atoms with Crippen LogP contribution in [-0.4, -0.2) is 38.1 Å². The van der Waals surface area contributed by atoms with Crippen LogP contribution in [-0.2, 0) is 16.1 Å². The molecule has 10 heteroatoms. The molecule has 37 heavy (non-hydrogen) atoms. The zero-order chi connectivity index (χ0) is 25.6. The number of aromatic nitrogens is 4. The van der Waals surface area contributed by atoms with Gasteiger partial charge in [-0.1, -0.05) is 55.7 Å². The fraction of sp³-hybridized carbons (Fsp3) is 0.296. The first-order chi connectivity index (χ1) is 18.1. The molecule has 2 aromatic carbocycles. The van der Waals surface area contributed by atoms with E-state index in [0.29, 0.717) is 5.82 Å². The van der Waals surface area contributed by atoms with E-state index in [0.717, 1.165) is 42.5 Å². The molecule has 0 bridgehead atoms. The molecular weight excluding hydrogens is 475 g/mol. The lowest BCUT2D eigenvalue weighted by Crippen LogP contribution is -2.48. The molecule has 190 valence electrons. The topological polar surface area (TPSA) is 106 Å². The van der Waals surface area contributed by atoms with Crippen molar-refractivity contribution in [2.45, 2.75) is 50.7 Å². The van der Waals surface area contributed by atoms with Gasteiger partial charge in [0, 0.05) is 17.3 Å². The number of nitrogens with one attached hydrogen (secondary N) is 1. The summed E-state index contributed by atoms with van der Waals surface area (Å²) in [6, 6.07) is 17.0. The minimum Gasteiger partial charge on any atom is -0.467 e. The van der Waals surface area contributed by atoms with Gasteiger partial charge in [-0.25, -0.2) is 4.39 Å². The number of amides is 2. The predicted molar refractivity (Wildman–Crippen MR) is 134 cm³/mol. The molecule has 2 heterocycles. The number of nitrogens with zero attached hydrogens (tertiary/aromatic N) is 5. The van der Waals surface area contributed by atoms with Gasteiger partial charge in [-0.2, -0.15) is 4.80 Å². The molecule has 1 aliphatic rings. The van der Waals surface area contributed by atoms with Gasteiger partial charge in [0.1, 0.15) is 18.1 Å². The van der Waals surface area contributed by atoms with Gasteiger partial charge in [0.25, 0.3) is 11.8 Å². The molecule has 0 saturated heterocycles. The third kappa shape index (κ3) is 5.74. The highest BCUT2D eigenvalue weighted by Crippen LogP contribution is 2.30. The maximum absolute atomic E-state index is 14.3. The molecule has 1 saturated carbocycles. The van der Waals surface area contributed by atoms with E-state index in [-0.39, 0.29) is 24.0 Å². The summed E-state index contributed by atoms with van der Waals surface area (Å²) in [4.78, 5) is 29.8. The average Bonchev–Trinajstić information content (AvgIpc) is 3.61. The van der Waals surface area contributed by atoms with Crippen molar-refractivity contribution in [2.24, 2.45) is 0 Å². The van der Waals surface area contributed by atoms with E-state index in [1.165, 1.54) is 29.4 Å². The molecule has 1 N–H and O–H groups in total. The summed E-state index contributed by atoms with van der Waals surface area (Å²) in [6.45, 7) is -0.315. The summed E-state index contributed by atoms with van der Waals surface area (Å²) >= 11 is 0. The van der Waals surface area contributed by atoms with Crippen molar-refractivity contribution in [3.8, 4) is 11.4 Å². The Bertz CT molecular complexity index is 1340. The molecule has 4 aromatic rings. The maximum atomic E-state index is 14.3. The van der Waals surface area contributed by atoms with Gasteiger partial charge in [0.05, 0.1) is 6.26 Å². The Kier molecular flexibility index (Phi) is 7.34. The molecule has 2 aromatic heterocycles. The number of halogens is 1. The minimum atomic E-state index is -1.15. The van der Waals surface area contributed by atoms with Crippen LogP contribution in [0.4, 0.5) is 10.1 Å². The van der Waals surface area contributed by atoms with E-state index in [4.69, 9.17) is 4.42 Å². The third-order valence-corrected chi connectivity index (χ3v) is 6.39. The summed E-state index contributed by atoms with van der Waals surface area (Å²) in [7, 11) is 0. The quantitative estimate of drug-likeness (QED) is 0.385. The molecule has 0 aliphatic heterocycles. The molecule has 9 nitrogen and oxygen atoms in total. The first-order valence-corrected chi connectivity index (χ1v) is 12.3. The van der Waals surface area contributed by atoms with Gasteiger partial charge in [-0.15, -0.1) is 10.2 Å². The summed E-state index contributed by atoms with van der Waals surface area (Å²) in [5, 5.41) is 15.5. The minimum absolute atomic E-state index is 0.00795. The van der Waals surface area contributed by atoms with Crippen molar-refractivity contribution < 1.29 is 18.4 Å². The number of hydrogen-bond acceptors (Lipinski definition) is 6. The van der Waals surface area contributed by atoms with Gasteiger partial charge in [0.15, 0.2) is 6.04 Å².